The van der Waals surface area contributed by atoms with Gasteiger partial charge < -0.3 is 15.8 Å². The quantitative estimate of drug-likeness (QED) is 0.849. The molecular formula is C12H17ClN2O2. The predicted octanol–water partition coefficient (Wildman–Crippen LogP) is 2.27. The second-order valence-electron chi connectivity index (χ2n) is 4.10. The lowest BCUT2D eigenvalue weighted by atomic mass is 10.2. The number of amides is 1. The monoisotopic (exact) mass is 256 g/mol. The van der Waals surface area contributed by atoms with Crippen molar-refractivity contribution in [2.45, 2.75) is 13.8 Å². The van der Waals surface area contributed by atoms with Gasteiger partial charge in [0.15, 0.2) is 0 Å². The highest BCUT2D eigenvalue weighted by molar-refractivity contribution is 6.32. The molecule has 0 spiro atoms. The molecular weight excluding hydrogens is 240 g/mol. The summed E-state index contributed by atoms with van der Waals surface area (Å²) in [6.07, 6.45) is 0. The molecule has 0 saturated heterocycles. The number of nitrogens with two attached hydrogens (primary N) is 1. The van der Waals surface area contributed by atoms with E-state index in [-0.39, 0.29) is 12.5 Å². The van der Waals surface area contributed by atoms with Crippen LogP contribution in [0.15, 0.2) is 18.2 Å². The van der Waals surface area contributed by atoms with Gasteiger partial charge in [-0.3, -0.25) is 4.79 Å². The van der Waals surface area contributed by atoms with Gasteiger partial charge in [-0.25, -0.2) is 0 Å². The minimum absolute atomic E-state index is 0.0524. The van der Waals surface area contributed by atoms with E-state index in [1.807, 2.05) is 0 Å². The molecule has 1 rings (SSSR count). The summed E-state index contributed by atoms with van der Waals surface area (Å²) in [5.74, 6) is 0.797. The Kier molecular flexibility index (Phi) is 5.25. The minimum Gasteiger partial charge on any atom is -0.492 e. The van der Waals surface area contributed by atoms with E-state index >= 15 is 0 Å². The van der Waals surface area contributed by atoms with E-state index in [9.17, 15) is 4.79 Å². The van der Waals surface area contributed by atoms with Gasteiger partial charge in [0.1, 0.15) is 5.75 Å². The lowest BCUT2D eigenvalue weighted by molar-refractivity contribution is -0.114. The van der Waals surface area contributed by atoms with E-state index in [0.29, 0.717) is 29.0 Å². The number of rotatable bonds is 5. The molecule has 4 nitrogen and oxygen atoms in total. The van der Waals surface area contributed by atoms with Crippen LogP contribution in [-0.4, -0.2) is 19.1 Å². The van der Waals surface area contributed by atoms with Crippen LogP contribution in [0.3, 0.4) is 0 Å². The van der Waals surface area contributed by atoms with Gasteiger partial charge in [0.2, 0.25) is 5.91 Å². The Hall–Kier alpha value is -1.26. The molecule has 1 amide bonds. The molecule has 0 aliphatic carbocycles. The molecule has 0 fully saturated rings. The Balaban J connectivity index is 2.69. The topological polar surface area (TPSA) is 64.3 Å². The zero-order valence-electron chi connectivity index (χ0n) is 10.00. The smallest absolute Gasteiger partial charge is 0.238 e. The number of ether oxygens (including phenoxy) is 1. The number of anilines is 1. The highest BCUT2D eigenvalue weighted by atomic mass is 35.5. The average Bonchev–Trinajstić information content (AvgIpc) is 2.27. The number of nitrogens with one attached hydrogen (secondary N) is 1. The SMILES string of the molecule is CC(C)COc1ccc(NC(=O)CN)cc1Cl. The van der Waals surface area contributed by atoms with Gasteiger partial charge in [0.05, 0.1) is 18.2 Å². The first-order valence-corrected chi connectivity index (χ1v) is 5.83. The van der Waals surface area contributed by atoms with Crippen molar-refractivity contribution >= 4 is 23.2 Å². The Morgan fingerprint density at radius 2 is 2.24 bits per heavy atom. The normalized spacial score (nSPS) is 10.4. The van der Waals surface area contributed by atoms with Gasteiger partial charge in [0.25, 0.3) is 0 Å². The van der Waals surface area contributed by atoms with Gasteiger partial charge in [-0.1, -0.05) is 25.4 Å². The fourth-order valence-electron chi connectivity index (χ4n) is 1.16. The maximum Gasteiger partial charge on any atom is 0.238 e. The zero-order chi connectivity index (χ0) is 12.8. The molecule has 0 unspecified atom stereocenters. The van der Waals surface area contributed by atoms with Gasteiger partial charge >= 0.3 is 0 Å². The van der Waals surface area contributed by atoms with E-state index in [1.54, 1.807) is 18.2 Å². The number of hydrogen-bond acceptors (Lipinski definition) is 3. The maximum atomic E-state index is 11.1. The van der Waals surface area contributed by atoms with Crippen LogP contribution in [0.2, 0.25) is 5.02 Å². The first kappa shape index (κ1) is 13.8. The van der Waals surface area contributed by atoms with E-state index in [0.717, 1.165) is 0 Å². The molecule has 0 saturated carbocycles. The maximum absolute atomic E-state index is 11.1. The van der Waals surface area contributed by atoms with Gasteiger partial charge in [-0.15, -0.1) is 0 Å². The Labute approximate surface area is 106 Å². The summed E-state index contributed by atoms with van der Waals surface area (Å²) in [6, 6.07) is 5.11. The highest BCUT2D eigenvalue weighted by Gasteiger charge is 2.06. The highest BCUT2D eigenvalue weighted by Crippen LogP contribution is 2.27. The van der Waals surface area contributed by atoms with Crippen LogP contribution in [-0.2, 0) is 4.79 Å². The average molecular weight is 257 g/mol. The fourth-order valence-corrected chi connectivity index (χ4v) is 1.40. The molecule has 0 aromatic heterocycles. The first-order chi connectivity index (χ1) is 8.02. The molecule has 5 heteroatoms. The number of benzene rings is 1. The van der Waals surface area contributed by atoms with E-state index in [4.69, 9.17) is 22.1 Å². The predicted molar refractivity (Wildman–Crippen MR) is 69.5 cm³/mol. The third kappa shape index (κ3) is 4.63. The molecule has 0 radical (unpaired) electrons. The summed E-state index contributed by atoms with van der Waals surface area (Å²) >= 11 is 6.03. The standard InChI is InChI=1S/C12H17ClN2O2/c1-8(2)7-17-11-4-3-9(5-10(11)13)15-12(16)6-14/h3-5,8H,6-7,14H2,1-2H3,(H,15,16). The number of carbonyl (C=O) groups is 1. The molecule has 3 N–H and O–H groups in total. The molecule has 1 aromatic carbocycles. The zero-order valence-corrected chi connectivity index (χ0v) is 10.8. The number of carbonyl (C=O) groups excluding carboxylic acids is 1. The van der Waals surface area contributed by atoms with Crippen molar-refractivity contribution in [3.8, 4) is 5.75 Å². The first-order valence-electron chi connectivity index (χ1n) is 5.45. The van der Waals surface area contributed by atoms with Crippen LogP contribution in [0.4, 0.5) is 5.69 Å². The second-order valence-corrected chi connectivity index (χ2v) is 4.51. The van der Waals surface area contributed by atoms with Crippen LogP contribution in [0.25, 0.3) is 0 Å². The van der Waals surface area contributed by atoms with E-state index in [2.05, 4.69) is 19.2 Å². The number of halogens is 1. The third-order valence-corrected chi connectivity index (χ3v) is 2.27. The van der Waals surface area contributed by atoms with Crippen LogP contribution in [0, 0.1) is 5.92 Å². The lowest BCUT2D eigenvalue weighted by Crippen LogP contribution is -2.21. The molecule has 0 aliphatic heterocycles. The lowest BCUT2D eigenvalue weighted by Gasteiger charge is -2.11. The summed E-state index contributed by atoms with van der Waals surface area (Å²) in [5, 5.41) is 3.09. The fraction of sp³-hybridized carbons (Fsp3) is 0.417. The van der Waals surface area contributed by atoms with Gasteiger partial charge in [-0.2, -0.15) is 0 Å². The Morgan fingerprint density at radius 1 is 1.53 bits per heavy atom. The minimum atomic E-state index is -0.253. The molecule has 0 bridgehead atoms. The van der Waals surface area contributed by atoms with E-state index < -0.39 is 0 Å². The van der Waals surface area contributed by atoms with Crippen LogP contribution in [0.1, 0.15) is 13.8 Å². The van der Waals surface area contributed by atoms with Gasteiger partial charge in [-0.05, 0) is 24.1 Å². The van der Waals surface area contributed by atoms with Crippen molar-refractivity contribution in [2.75, 3.05) is 18.5 Å². The van der Waals surface area contributed by atoms with Crippen molar-refractivity contribution in [3.63, 3.8) is 0 Å². The van der Waals surface area contributed by atoms with Crippen molar-refractivity contribution in [2.24, 2.45) is 11.7 Å². The molecule has 1 aromatic rings. The van der Waals surface area contributed by atoms with Crippen molar-refractivity contribution in [1.29, 1.82) is 0 Å². The summed E-state index contributed by atoms with van der Waals surface area (Å²) in [4.78, 5) is 11.1. The summed E-state index contributed by atoms with van der Waals surface area (Å²) in [7, 11) is 0. The van der Waals surface area contributed by atoms with Gasteiger partial charge in [0, 0.05) is 5.69 Å². The van der Waals surface area contributed by atoms with Crippen molar-refractivity contribution < 1.29 is 9.53 Å². The third-order valence-electron chi connectivity index (χ3n) is 1.97. The Morgan fingerprint density at radius 3 is 2.76 bits per heavy atom. The van der Waals surface area contributed by atoms with E-state index in [1.165, 1.54) is 0 Å². The van der Waals surface area contributed by atoms with Crippen LogP contribution >= 0.6 is 11.6 Å². The van der Waals surface area contributed by atoms with Crippen molar-refractivity contribution in [3.05, 3.63) is 23.2 Å². The molecule has 17 heavy (non-hydrogen) atoms. The summed E-state index contributed by atoms with van der Waals surface area (Å²) in [5.41, 5.74) is 5.81. The molecule has 0 heterocycles. The summed E-state index contributed by atoms with van der Waals surface area (Å²) in [6.45, 7) is 4.67. The van der Waals surface area contributed by atoms with Crippen molar-refractivity contribution in [1.82, 2.24) is 0 Å². The molecule has 94 valence electrons. The van der Waals surface area contributed by atoms with Crippen LogP contribution in [0.5, 0.6) is 5.75 Å². The van der Waals surface area contributed by atoms with Crippen LogP contribution < -0.4 is 15.8 Å². The molecule has 0 atom stereocenters. The number of hydrogen-bond donors (Lipinski definition) is 2. The largest absolute Gasteiger partial charge is 0.492 e. The summed E-state index contributed by atoms with van der Waals surface area (Å²) < 4.78 is 5.52. The molecule has 0 aliphatic rings. The Bertz CT molecular complexity index is 394. The second kappa shape index (κ2) is 6.47.